The van der Waals surface area contributed by atoms with Crippen LogP contribution in [-0.2, 0) is 15.0 Å². The summed E-state index contributed by atoms with van der Waals surface area (Å²) in [5.74, 6) is -1.94. The summed E-state index contributed by atoms with van der Waals surface area (Å²) in [4.78, 5) is 45.2. The Bertz CT molecular complexity index is 1700. The van der Waals surface area contributed by atoms with Gasteiger partial charge in [-0.15, -0.1) is 0 Å². The Kier molecular flexibility index (Phi) is 5.61. The van der Waals surface area contributed by atoms with Gasteiger partial charge in [0.15, 0.2) is 5.78 Å². The van der Waals surface area contributed by atoms with Crippen molar-refractivity contribution >= 4 is 52.3 Å². The monoisotopic (exact) mass is 545 g/mol. The van der Waals surface area contributed by atoms with Crippen LogP contribution >= 0.6 is 11.6 Å². The number of rotatable bonds is 4. The third-order valence-corrected chi connectivity index (χ3v) is 8.52. The molecule has 0 aromatic heterocycles. The average molecular weight is 546 g/mol. The summed E-state index contributed by atoms with van der Waals surface area (Å²) in [6.07, 6.45) is 3.95. The van der Waals surface area contributed by atoms with Crippen LogP contribution in [-0.4, -0.2) is 29.7 Å². The molecule has 7 heteroatoms. The van der Waals surface area contributed by atoms with E-state index >= 15 is 0 Å². The number of anilines is 3. The lowest BCUT2D eigenvalue weighted by molar-refractivity contribution is -0.122. The number of carbonyl (C=O) groups excluding carboxylic acids is 3. The predicted molar refractivity (Wildman–Crippen MR) is 157 cm³/mol. The number of nitrogens with one attached hydrogen (secondary N) is 2. The van der Waals surface area contributed by atoms with Crippen LogP contribution in [0.15, 0.2) is 109 Å². The van der Waals surface area contributed by atoms with Gasteiger partial charge < -0.3 is 15.5 Å². The molecule has 6 nitrogen and oxygen atoms in total. The molecule has 1 spiro atoms. The number of carbonyl (C=O) groups is 3. The highest BCUT2D eigenvalue weighted by Gasteiger charge is 2.70. The SMILES string of the molecule is O=C(Nc1ccc(Cl)cc1)[C@@H]1[C@@H](C(=O)c2ccccc2)[C@@]2(C(=O)Nc3ccccc32)C2C=Cc3ccccc3N21. The van der Waals surface area contributed by atoms with Gasteiger partial charge in [-0.1, -0.05) is 90.5 Å². The highest BCUT2D eigenvalue weighted by Crippen LogP contribution is 2.57. The lowest BCUT2D eigenvalue weighted by Gasteiger charge is -2.37. The third-order valence-electron chi connectivity index (χ3n) is 8.26. The number of benzene rings is 4. The number of ketones is 1. The van der Waals surface area contributed by atoms with Crippen molar-refractivity contribution in [1.82, 2.24) is 0 Å². The minimum atomic E-state index is -1.34. The molecule has 3 aliphatic heterocycles. The van der Waals surface area contributed by atoms with E-state index in [0.29, 0.717) is 22.0 Å². The molecule has 196 valence electrons. The smallest absolute Gasteiger partial charge is 0.247 e. The summed E-state index contributed by atoms with van der Waals surface area (Å²) in [5, 5.41) is 6.60. The molecule has 3 aliphatic rings. The zero-order valence-electron chi connectivity index (χ0n) is 21.3. The second-order valence-electron chi connectivity index (χ2n) is 10.3. The summed E-state index contributed by atoms with van der Waals surface area (Å²) in [6.45, 7) is 0. The number of Topliss-reactive ketones (excluding diaryl/α,β-unsaturated/α-hetero) is 1. The van der Waals surface area contributed by atoms with Gasteiger partial charge in [0.2, 0.25) is 11.8 Å². The molecule has 4 atom stereocenters. The second kappa shape index (κ2) is 9.21. The van der Waals surface area contributed by atoms with Crippen LogP contribution in [0.3, 0.4) is 0 Å². The first kappa shape index (κ1) is 24.4. The molecule has 7 rings (SSSR count). The Balaban J connectivity index is 1.48. The van der Waals surface area contributed by atoms with Crippen LogP contribution in [0.1, 0.15) is 21.5 Å². The fourth-order valence-electron chi connectivity index (χ4n) is 6.65. The Morgan fingerprint density at radius 2 is 1.55 bits per heavy atom. The molecule has 3 heterocycles. The fourth-order valence-corrected chi connectivity index (χ4v) is 6.78. The van der Waals surface area contributed by atoms with E-state index in [0.717, 1.165) is 16.8 Å². The highest BCUT2D eigenvalue weighted by molar-refractivity contribution is 6.30. The van der Waals surface area contributed by atoms with E-state index in [4.69, 9.17) is 11.6 Å². The van der Waals surface area contributed by atoms with Gasteiger partial charge in [-0.05, 0) is 47.5 Å². The molecule has 2 amide bonds. The summed E-state index contributed by atoms with van der Waals surface area (Å²) < 4.78 is 0. The Hall–Kier alpha value is -4.68. The topological polar surface area (TPSA) is 78.5 Å². The summed E-state index contributed by atoms with van der Waals surface area (Å²) in [6, 6.07) is 29.4. The van der Waals surface area contributed by atoms with Crippen LogP contribution in [0.25, 0.3) is 6.08 Å². The van der Waals surface area contributed by atoms with Crippen molar-refractivity contribution in [2.45, 2.75) is 17.5 Å². The highest BCUT2D eigenvalue weighted by atomic mass is 35.5. The molecule has 40 heavy (non-hydrogen) atoms. The number of fused-ring (bicyclic) bond motifs is 6. The molecule has 0 saturated carbocycles. The molecule has 1 fully saturated rings. The van der Waals surface area contributed by atoms with Crippen LogP contribution in [0.5, 0.6) is 0 Å². The number of hydrogen-bond donors (Lipinski definition) is 2. The van der Waals surface area contributed by atoms with Gasteiger partial charge in [-0.3, -0.25) is 14.4 Å². The molecular weight excluding hydrogens is 522 g/mol. The number of halogens is 1. The molecule has 0 aliphatic carbocycles. The van der Waals surface area contributed by atoms with Gasteiger partial charge in [-0.25, -0.2) is 0 Å². The van der Waals surface area contributed by atoms with Crippen molar-refractivity contribution in [3.8, 4) is 0 Å². The Morgan fingerprint density at radius 3 is 2.35 bits per heavy atom. The van der Waals surface area contributed by atoms with Crippen LogP contribution in [0, 0.1) is 5.92 Å². The third kappa shape index (κ3) is 3.46. The summed E-state index contributed by atoms with van der Waals surface area (Å²) >= 11 is 6.08. The Labute approximate surface area is 236 Å². The molecule has 0 radical (unpaired) electrons. The van der Waals surface area contributed by atoms with E-state index in [-0.39, 0.29) is 17.6 Å². The van der Waals surface area contributed by atoms with Crippen LogP contribution in [0.2, 0.25) is 5.02 Å². The lowest BCUT2D eigenvalue weighted by atomic mass is 9.64. The van der Waals surface area contributed by atoms with Crippen LogP contribution in [0.4, 0.5) is 17.1 Å². The molecule has 0 bridgehead atoms. The average Bonchev–Trinajstić information content (AvgIpc) is 3.47. The first-order valence-corrected chi connectivity index (χ1v) is 13.5. The van der Waals surface area contributed by atoms with E-state index < -0.39 is 23.4 Å². The molecule has 1 saturated heterocycles. The van der Waals surface area contributed by atoms with Crippen molar-refractivity contribution < 1.29 is 14.4 Å². The van der Waals surface area contributed by atoms with Crippen molar-refractivity contribution in [1.29, 1.82) is 0 Å². The largest absolute Gasteiger partial charge is 0.350 e. The van der Waals surface area contributed by atoms with Crippen molar-refractivity contribution in [3.05, 3.63) is 131 Å². The zero-order chi connectivity index (χ0) is 27.4. The maximum atomic E-state index is 14.6. The van der Waals surface area contributed by atoms with E-state index in [1.165, 1.54) is 0 Å². The van der Waals surface area contributed by atoms with E-state index in [2.05, 4.69) is 10.6 Å². The maximum absolute atomic E-state index is 14.6. The molecular formula is C33H24ClN3O3. The predicted octanol–water partition coefficient (Wildman–Crippen LogP) is 5.95. The Morgan fingerprint density at radius 1 is 0.850 bits per heavy atom. The second-order valence-corrected chi connectivity index (χ2v) is 10.7. The van der Waals surface area contributed by atoms with Gasteiger partial charge in [0, 0.05) is 27.6 Å². The minimum Gasteiger partial charge on any atom is -0.350 e. The lowest BCUT2D eigenvalue weighted by Crippen LogP contribution is -2.51. The number of para-hydroxylation sites is 2. The van der Waals surface area contributed by atoms with Gasteiger partial charge in [-0.2, -0.15) is 0 Å². The van der Waals surface area contributed by atoms with Crippen molar-refractivity contribution in [2.24, 2.45) is 5.92 Å². The zero-order valence-corrected chi connectivity index (χ0v) is 22.0. The quantitative estimate of drug-likeness (QED) is 0.311. The van der Waals surface area contributed by atoms with Gasteiger partial charge in [0.25, 0.3) is 0 Å². The fraction of sp³-hybridized carbons (Fsp3) is 0.121. The summed E-state index contributed by atoms with van der Waals surface area (Å²) in [5.41, 5.74) is 2.75. The standard InChI is InChI=1S/C33H24ClN3O3/c34-22-15-17-23(18-16-22)35-31(39)29-28(30(38)21-9-2-1-3-10-21)33(24-11-5-6-12-25(24)36-32(33)40)27-19-14-20-8-4-7-13-26(20)37(27)29/h1-19,27-29H,(H,35,39)(H,36,40)/t27?,28-,29-,33-/m0/s1. The van der Waals surface area contributed by atoms with E-state index in [9.17, 15) is 14.4 Å². The molecule has 2 N–H and O–H groups in total. The van der Waals surface area contributed by atoms with Gasteiger partial charge in [0.05, 0.1) is 12.0 Å². The maximum Gasteiger partial charge on any atom is 0.247 e. The first-order chi connectivity index (χ1) is 19.5. The van der Waals surface area contributed by atoms with Gasteiger partial charge in [0.1, 0.15) is 11.5 Å². The number of nitrogens with zero attached hydrogens (tertiary/aromatic N) is 1. The van der Waals surface area contributed by atoms with Crippen LogP contribution < -0.4 is 15.5 Å². The molecule has 1 unspecified atom stereocenters. The first-order valence-electron chi connectivity index (χ1n) is 13.1. The van der Waals surface area contributed by atoms with Gasteiger partial charge >= 0.3 is 0 Å². The molecule has 4 aromatic carbocycles. The number of amides is 2. The van der Waals surface area contributed by atoms with Crippen molar-refractivity contribution in [3.63, 3.8) is 0 Å². The minimum absolute atomic E-state index is 0.260. The van der Waals surface area contributed by atoms with E-state index in [1.54, 1.807) is 48.5 Å². The number of hydrogen-bond acceptors (Lipinski definition) is 4. The summed E-state index contributed by atoms with van der Waals surface area (Å²) in [7, 11) is 0. The van der Waals surface area contributed by atoms with E-state index in [1.807, 2.05) is 71.6 Å². The molecule has 4 aromatic rings. The van der Waals surface area contributed by atoms with Crippen molar-refractivity contribution in [2.75, 3.05) is 15.5 Å². The normalized spacial score (nSPS) is 23.8.